The molecule has 0 fully saturated rings. The van der Waals surface area contributed by atoms with Crippen molar-refractivity contribution in [3.05, 3.63) is 82.9 Å². The lowest BCUT2D eigenvalue weighted by molar-refractivity contribution is 0.336. The molecular formula is C29H28BrN5O4S. The lowest BCUT2D eigenvalue weighted by Gasteiger charge is -2.19. The molecule has 0 saturated heterocycles. The Balaban J connectivity index is 1.56. The van der Waals surface area contributed by atoms with E-state index in [0.29, 0.717) is 11.1 Å². The number of aryl methyl sites for hydroxylation is 1. The molecular weight excluding hydrogens is 594 g/mol. The van der Waals surface area contributed by atoms with Crippen molar-refractivity contribution in [2.45, 2.75) is 38.0 Å². The van der Waals surface area contributed by atoms with Gasteiger partial charge in [0.2, 0.25) is 5.88 Å². The fourth-order valence-corrected chi connectivity index (χ4v) is 4.77. The first-order valence-electron chi connectivity index (χ1n) is 12.3. The highest BCUT2D eigenvalue weighted by Gasteiger charge is 2.22. The first kappa shape index (κ1) is 29.0. The summed E-state index contributed by atoms with van der Waals surface area (Å²) in [6.07, 6.45) is 4.40. The minimum Gasteiger partial charge on any atom is -0.464 e. The third-order valence-corrected chi connectivity index (χ3v) is 7.45. The third-order valence-electron chi connectivity index (χ3n) is 5.69. The number of aromatic nitrogens is 4. The van der Waals surface area contributed by atoms with E-state index < -0.39 is 10.0 Å². The maximum atomic E-state index is 13.3. The number of hydrogen-bond acceptors (Lipinski definition) is 8. The van der Waals surface area contributed by atoms with Crippen molar-refractivity contribution in [3.8, 4) is 34.9 Å². The number of hydrogen-bond donors (Lipinski definition) is 1. The first-order chi connectivity index (χ1) is 19.0. The summed E-state index contributed by atoms with van der Waals surface area (Å²) in [5.74, 6) is 5.97. The predicted molar refractivity (Wildman–Crippen MR) is 157 cm³/mol. The molecule has 2 aromatic carbocycles. The Kier molecular flexibility index (Phi) is 9.02. The molecule has 9 nitrogen and oxygen atoms in total. The van der Waals surface area contributed by atoms with Crippen LogP contribution in [0.3, 0.4) is 0 Å². The van der Waals surface area contributed by atoms with Gasteiger partial charge in [0, 0.05) is 12.4 Å². The van der Waals surface area contributed by atoms with Crippen molar-refractivity contribution >= 4 is 31.8 Å². The van der Waals surface area contributed by atoms with Gasteiger partial charge in [-0.15, -0.1) is 0 Å². The molecule has 4 rings (SSSR count). The van der Waals surface area contributed by atoms with Crippen LogP contribution in [0.5, 0.6) is 11.9 Å². The number of rotatable bonds is 8. The summed E-state index contributed by atoms with van der Waals surface area (Å²) in [6.45, 7) is 8.22. The maximum Gasteiger partial charge on any atom is 0.317 e. The van der Waals surface area contributed by atoms with Gasteiger partial charge in [-0.25, -0.2) is 28.4 Å². The molecule has 0 atom stereocenters. The molecule has 2 aromatic heterocycles. The van der Waals surface area contributed by atoms with Crippen LogP contribution in [0.25, 0.3) is 11.1 Å². The lowest BCUT2D eigenvalue weighted by Crippen LogP contribution is -2.16. The molecule has 0 spiro atoms. The van der Waals surface area contributed by atoms with Crippen LogP contribution in [-0.4, -0.2) is 41.6 Å². The summed E-state index contributed by atoms with van der Waals surface area (Å²) in [5.41, 5.74) is 3.06. The molecule has 4 aromatic rings. The Bertz CT molecular complexity index is 1630. The zero-order valence-electron chi connectivity index (χ0n) is 22.5. The van der Waals surface area contributed by atoms with Crippen LogP contribution in [0, 0.1) is 18.8 Å². The van der Waals surface area contributed by atoms with Crippen molar-refractivity contribution in [2.24, 2.45) is 0 Å². The SMILES string of the molecule is Cc1ccc(-c2c(NS(=O)(=O)c3ccc(C(C)(C)C)cc3)ncnc2OCC#CCOc2ncc(Br)cn2)cc1. The second kappa shape index (κ2) is 12.4. The number of nitrogens with one attached hydrogen (secondary N) is 1. The van der Waals surface area contributed by atoms with Gasteiger partial charge < -0.3 is 9.47 Å². The molecule has 1 N–H and O–H groups in total. The Labute approximate surface area is 242 Å². The standard InChI is InChI=1S/C29H28BrN5O4S/c1-20-7-9-21(10-8-20)25-26(35-40(36,37)24-13-11-22(12-14-24)29(2,3)4)33-19-34-27(25)38-15-5-6-16-39-28-31-17-23(30)18-32-28/h7-14,17-19H,15-16H2,1-4H3,(H,33,34,35). The zero-order chi connectivity index (χ0) is 28.8. The van der Waals surface area contributed by atoms with Crippen LogP contribution >= 0.6 is 15.9 Å². The zero-order valence-corrected chi connectivity index (χ0v) is 24.9. The molecule has 206 valence electrons. The van der Waals surface area contributed by atoms with E-state index in [0.717, 1.165) is 15.6 Å². The van der Waals surface area contributed by atoms with E-state index in [1.54, 1.807) is 24.5 Å². The smallest absolute Gasteiger partial charge is 0.317 e. The first-order valence-corrected chi connectivity index (χ1v) is 14.5. The van der Waals surface area contributed by atoms with Crippen LogP contribution in [0.2, 0.25) is 0 Å². The highest BCUT2D eigenvalue weighted by Crippen LogP contribution is 2.35. The number of ether oxygens (including phenoxy) is 2. The normalized spacial score (nSPS) is 11.3. The Hall–Kier alpha value is -4.01. The van der Waals surface area contributed by atoms with Gasteiger partial charge in [0.05, 0.1) is 14.9 Å². The maximum absolute atomic E-state index is 13.3. The second-order valence-electron chi connectivity index (χ2n) is 9.76. The topological polar surface area (TPSA) is 116 Å². The van der Waals surface area contributed by atoms with Gasteiger partial charge in [-0.3, -0.25) is 4.72 Å². The number of anilines is 1. The number of nitrogens with zero attached hydrogens (tertiary/aromatic N) is 4. The summed E-state index contributed by atoms with van der Waals surface area (Å²) >= 11 is 3.26. The van der Waals surface area contributed by atoms with Gasteiger partial charge in [0.1, 0.15) is 6.33 Å². The lowest BCUT2D eigenvalue weighted by atomic mass is 9.87. The van der Waals surface area contributed by atoms with E-state index in [2.05, 4.69) is 73.2 Å². The summed E-state index contributed by atoms with van der Waals surface area (Å²) in [6, 6.07) is 14.6. The van der Waals surface area contributed by atoms with Gasteiger partial charge in [0.25, 0.3) is 10.0 Å². The van der Waals surface area contributed by atoms with E-state index in [1.165, 1.54) is 6.33 Å². The summed E-state index contributed by atoms with van der Waals surface area (Å²) in [5, 5.41) is 0. The average Bonchev–Trinajstić information content (AvgIpc) is 2.92. The highest BCUT2D eigenvalue weighted by atomic mass is 79.9. The molecule has 0 aliphatic rings. The Morgan fingerprint density at radius 2 is 1.50 bits per heavy atom. The van der Waals surface area contributed by atoms with Crippen LogP contribution in [0.15, 0.2) is 76.6 Å². The summed E-state index contributed by atoms with van der Waals surface area (Å²) in [4.78, 5) is 16.7. The van der Waals surface area contributed by atoms with E-state index >= 15 is 0 Å². The Morgan fingerprint density at radius 1 is 0.875 bits per heavy atom. The Morgan fingerprint density at radius 3 is 2.12 bits per heavy atom. The van der Waals surface area contributed by atoms with Crippen LogP contribution in [0.4, 0.5) is 5.82 Å². The van der Waals surface area contributed by atoms with Crippen molar-refractivity contribution < 1.29 is 17.9 Å². The molecule has 40 heavy (non-hydrogen) atoms. The van der Waals surface area contributed by atoms with Crippen molar-refractivity contribution in [1.82, 2.24) is 19.9 Å². The van der Waals surface area contributed by atoms with Crippen molar-refractivity contribution in [1.29, 1.82) is 0 Å². The number of sulfonamides is 1. The quantitative estimate of drug-likeness (QED) is 0.254. The molecule has 0 radical (unpaired) electrons. The molecule has 0 aliphatic carbocycles. The van der Waals surface area contributed by atoms with Gasteiger partial charge >= 0.3 is 6.01 Å². The molecule has 11 heteroatoms. The van der Waals surface area contributed by atoms with Crippen LogP contribution < -0.4 is 14.2 Å². The minimum absolute atomic E-state index is 0.0130. The highest BCUT2D eigenvalue weighted by molar-refractivity contribution is 9.10. The van der Waals surface area contributed by atoms with Gasteiger partial charge in [-0.2, -0.15) is 0 Å². The van der Waals surface area contributed by atoms with E-state index in [1.807, 2.05) is 43.3 Å². The van der Waals surface area contributed by atoms with E-state index in [9.17, 15) is 8.42 Å². The number of halogens is 1. The number of benzene rings is 2. The summed E-state index contributed by atoms with van der Waals surface area (Å²) in [7, 11) is -3.95. The van der Waals surface area contributed by atoms with E-state index in [-0.39, 0.29) is 41.2 Å². The fraction of sp³-hybridized carbons (Fsp3) is 0.241. The van der Waals surface area contributed by atoms with Crippen LogP contribution in [0.1, 0.15) is 31.9 Å². The second-order valence-corrected chi connectivity index (χ2v) is 12.4. The molecule has 0 saturated carbocycles. The van der Waals surface area contributed by atoms with Crippen LogP contribution in [-0.2, 0) is 15.4 Å². The molecule has 0 aliphatic heterocycles. The fourth-order valence-electron chi connectivity index (χ4n) is 3.54. The largest absolute Gasteiger partial charge is 0.464 e. The average molecular weight is 623 g/mol. The van der Waals surface area contributed by atoms with Gasteiger partial charge in [-0.05, 0) is 51.5 Å². The summed E-state index contributed by atoms with van der Waals surface area (Å²) < 4.78 is 41.2. The van der Waals surface area contributed by atoms with Gasteiger partial charge in [-0.1, -0.05) is 74.6 Å². The monoisotopic (exact) mass is 621 g/mol. The molecule has 0 unspecified atom stereocenters. The van der Waals surface area contributed by atoms with E-state index in [4.69, 9.17) is 9.47 Å². The molecule has 0 bridgehead atoms. The minimum atomic E-state index is -3.95. The van der Waals surface area contributed by atoms with Crippen molar-refractivity contribution in [3.63, 3.8) is 0 Å². The molecule has 0 amide bonds. The third kappa shape index (κ3) is 7.55. The van der Waals surface area contributed by atoms with Crippen molar-refractivity contribution in [2.75, 3.05) is 17.9 Å². The molecule has 2 heterocycles. The predicted octanol–water partition coefficient (Wildman–Crippen LogP) is 5.56. The van der Waals surface area contributed by atoms with Gasteiger partial charge in [0.15, 0.2) is 19.0 Å².